The first-order valence-electron chi connectivity index (χ1n) is 14.5. The molecule has 0 amide bonds. The monoisotopic (exact) mass is 539 g/mol. The zero-order valence-electron chi connectivity index (χ0n) is 24.0. The van der Waals surface area contributed by atoms with Crippen LogP contribution >= 0.6 is 0 Å². The van der Waals surface area contributed by atoms with Gasteiger partial charge in [-0.05, 0) is 88.4 Å². The fraction of sp³-hybridized carbons (Fsp3) is 0.667. The molecule has 0 N–H and O–H groups in total. The quantitative estimate of drug-likeness (QED) is 0.266. The highest BCUT2D eigenvalue weighted by molar-refractivity contribution is 5.84. The number of benzene rings is 1. The van der Waals surface area contributed by atoms with E-state index in [4.69, 9.17) is 9.26 Å². The van der Waals surface area contributed by atoms with Gasteiger partial charge in [0, 0.05) is 24.9 Å². The lowest BCUT2D eigenvalue weighted by atomic mass is 9.97. The van der Waals surface area contributed by atoms with Gasteiger partial charge in [-0.15, -0.1) is 0 Å². The highest BCUT2D eigenvalue weighted by Gasteiger charge is 2.31. The van der Waals surface area contributed by atoms with E-state index in [-0.39, 0.29) is 29.6 Å². The topological polar surface area (TPSA) is 86.3 Å². The van der Waals surface area contributed by atoms with Crippen LogP contribution in [0.1, 0.15) is 90.6 Å². The Balaban J connectivity index is 1.16. The molecule has 3 atom stereocenters. The number of hydrogen-bond acceptors (Lipinski definition) is 7. The van der Waals surface area contributed by atoms with Gasteiger partial charge in [-0.2, -0.15) is 14.8 Å². The standard InChI is InChI=1S/C30H42FN5O3/c1-19(2)26-23-10-7-11-24(31)27(23)36(33-26)29-32-25(39-34-29)16-21-14-15-35(18-21)17-20-8-6-9-22(13-12-20)28(37)38-30(3,4)5/h7,10-11,19-22H,6,8-9,12-18H2,1-5H3/t20?,21-,22?/m1/s1. The molecule has 1 aromatic carbocycles. The fourth-order valence-corrected chi connectivity index (χ4v) is 6.17. The van der Waals surface area contributed by atoms with Crippen molar-refractivity contribution >= 4 is 16.9 Å². The minimum Gasteiger partial charge on any atom is -0.460 e. The maximum absolute atomic E-state index is 14.8. The number of carbonyl (C=O) groups is 1. The van der Waals surface area contributed by atoms with E-state index in [9.17, 15) is 9.18 Å². The summed E-state index contributed by atoms with van der Waals surface area (Å²) in [6.07, 6.45) is 6.96. The molecule has 1 aliphatic heterocycles. The van der Waals surface area contributed by atoms with Crippen molar-refractivity contribution in [1.82, 2.24) is 24.8 Å². The number of nitrogens with zero attached hydrogens (tertiary/aromatic N) is 5. The lowest BCUT2D eigenvalue weighted by Gasteiger charge is -2.24. The number of likely N-dealkylation sites (tertiary alicyclic amines) is 1. The Morgan fingerprint density at radius 1 is 1.15 bits per heavy atom. The van der Waals surface area contributed by atoms with Crippen LogP contribution in [0.25, 0.3) is 16.9 Å². The van der Waals surface area contributed by atoms with Crippen LogP contribution in [0.2, 0.25) is 0 Å². The predicted molar refractivity (Wildman–Crippen MR) is 147 cm³/mol. The molecule has 9 heteroatoms. The summed E-state index contributed by atoms with van der Waals surface area (Å²) in [4.78, 5) is 19.7. The van der Waals surface area contributed by atoms with E-state index in [0.29, 0.717) is 29.7 Å². The van der Waals surface area contributed by atoms with Gasteiger partial charge < -0.3 is 14.2 Å². The third-order valence-electron chi connectivity index (χ3n) is 8.05. The van der Waals surface area contributed by atoms with Gasteiger partial charge in [0.15, 0.2) is 0 Å². The maximum atomic E-state index is 14.8. The molecule has 8 nitrogen and oxygen atoms in total. The molecule has 0 spiro atoms. The third-order valence-corrected chi connectivity index (χ3v) is 8.05. The summed E-state index contributed by atoms with van der Waals surface area (Å²) in [6, 6.07) is 5.03. The number of ether oxygens (including phenoxy) is 1. The molecule has 3 heterocycles. The number of para-hydroxylation sites is 1. The van der Waals surface area contributed by atoms with Gasteiger partial charge in [0.2, 0.25) is 5.89 Å². The van der Waals surface area contributed by atoms with Gasteiger partial charge in [-0.25, -0.2) is 4.39 Å². The average molecular weight is 540 g/mol. The SMILES string of the molecule is CC(C)c1nn(-c2noc(C[C@H]3CCN(CC4CCCC(C(=O)OC(C)(C)C)CC4)C3)n2)c2c(F)cccc12. The molecule has 212 valence electrons. The van der Waals surface area contributed by atoms with Crippen molar-refractivity contribution in [2.24, 2.45) is 17.8 Å². The average Bonchev–Trinajstić information content (AvgIpc) is 3.55. The zero-order valence-corrected chi connectivity index (χ0v) is 24.0. The van der Waals surface area contributed by atoms with E-state index in [1.807, 2.05) is 40.7 Å². The predicted octanol–water partition coefficient (Wildman–Crippen LogP) is 6.07. The van der Waals surface area contributed by atoms with Crippen LogP contribution in [-0.2, 0) is 16.0 Å². The zero-order chi connectivity index (χ0) is 27.7. The Hall–Kier alpha value is -2.81. The van der Waals surface area contributed by atoms with Crippen LogP contribution < -0.4 is 0 Å². The van der Waals surface area contributed by atoms with E-state index in [1.165, 1.54) is 17.2 Å². The van der Waals surface area contributed by atoms with E-state index < -0.39 is 5.60 Å². The molecule has 0 bridgehead atoms. The Kier molecular flexibility index (Phi) is 8.08. The summed E-state index contributed by atoms with van der Waals surface area (Å²) >= 11 is 0. The van der Waals surface area contributed by atoms with Crippen molar-refractivity contribution in [2.75, 3.05) is 19.6 Å². The molecule has 5 rings (SSSR count). The van der Waals surface area contributed by atoms with Crippen molar-refractivity contribution < 1.29 is 18.4 Å². The first-order valence-corrected chi connectivity index (χ1v) is 14.5. The minimum absolute atomic E-state index is 0.0317. The van der Waals surface area contributed by atoms with E-state index in [1.54, 1.807) is 6.07 Å². The molecule has 3 aromatic rings. The summed E-state index contributed by atoms with van der Waals surface area (Å²) in [5.74, 6) is 1.69. The van der Waals surface area contributed by atoms with Crippen LogP contribution in [0, 0.1) is 23.6 Å². The lowest BCUT2D eigenvalue weighted by molar-refractivity contribution is -0.160. The van der Waals surface area contributed by atoms with Crippen molar-refractivity contribution in [3.63, 3.8) is 0 Å². The smallest absolute Gasteiger partial charge is 0.309 e. The number of aromatic nitrogens is 4. The molecule has 2 fully saturated rings. The van der Waals surface area contributed by atoms with Crippen molar-refractivity contribution in [3.8, 4) is 5.95 Å². The van der Waals surface area contributed by atoms with Gasteiger partial charge in [0.25, 0.3) is 5.95 Å². The first-order chi connectivity index (χ1) is 18.6. The van der Waals surface area contributed by atoms with Crippen molar-refractivity contribution in [3.05, 3.63) is 35.6 Å². The highest BCUT2D eigenvalue weighted by atomic mass is 19.1. The van der Waals surface area contributed by atoms with Gasteiger partial charge in [0.05, 0.1) is 11.6 Å². The number of rotatable bonds is 7. The van der Waals surface area contributed by atoms with E-state index in [0.717, 1.165) is 62.8 Å². The van der Waals surface area contributed by atoms with Crippen LogP contribution in [0.4, 0.5) is 4.39 Å². The van der Waals surface area contributed by atoms with Crippen LogP contribution in [-0.4, -0.2) is 56.0 Å². The molecule has 2 aromatic heterocycles. The van der Waals surface area contributed by atoms with Crippen molar-refractivity contribution in [1.29, 1.82) is 0 Å². The molecule has 0 radical (unpaired) electrons. The number of halogens is 1. The van der Waals surface area contributed by atoms with Crippen LogP contribution in [0.15, 0.2) is 22.7 Å². The third kappa shape index (κ3) is 6.51. The molecule has 2 unspecified atom stereocenters. The molecular weight excluding hydrogens is 497 g/mol. The Morgan fingerprint density at radius 3 is 2.74 bits per heavy atom. The van der Waals surface area contributed by atoms with E-state index >= 15 is 0 Å². The molecule has 2 aliphatic rings. The Bertz CT molecular complexity index is 1290. The number of esters is 1. The Morgan fingerprint density at radius 2 is 1.97 bits per heavy atom. The Labute approximate surface area is 230 Å². The fourth-order valence-electron chi connectivity index (χ4n) is 6.17. The van der Waals surface area contributed by atoms with Crippen LogP contribution in [0.5, 0.6) is 0 Å². The summed E-state index contributed by atoms with van der Waals surface area (Å²) in [6.45, 7) is 13.0. The molecule has 1 aliphatic carbocycles. The van der Waals surface area contributed by atoms with Crippen LogP contribution in [0.3, 0.4) is 0 Å². The maximum Gasteiger partial charge on any atom is 0.309 e. The number of fused-ring (bicyclic) bond motifs is 1. The summed E-state index contributed by atoms with van der Waals surface area (Å²) in [5, 5.41) is 9.57. The molecular formula is C30H42FN5O3. The highest BCUT2D eigenvalue weighted by Crippen LogP contribution is 2.32. The second-order valence-corrected chi connectivity index (χ2v) is 12.8. The number of carbonyl (C=O) groups excluding carboxylic acids is 1. The van der Waals surface area contributed by atoms with Gasteiger partial charge in [-0.1, -0.05) is 32.4 Å². The molecule has 1 saturated heterocycles. The summed E-state index contributed by atoms with van der Waals surface area (Å²) < 4.78 is 27.5. The minimum atomic E-state index is -0.425. The normalized spacial score (nSPS) is 23.0. The van der Waals surface area contributed by atoms with Crippen molar-refractivity contribution in [2.45, 2.75) is 91.1 Å². The van der Waals surface area contributed by atoms with Gasteiger partial charge in [0.1, 0.15) is 16.9 Å². The second kappa shape index (κ2) is 11.4. The largest absolute Gasteiger partial charge is 0.460 e. The molecule has 39 heavy (non-hydrogen) atoms. The summed E-state index contributed by atoms with van der Waals surface area (Å²) in [5.41, 5.74) is 0.780. The first kappa shape index (κ1) is 27.7. The lowest BCUT2D eigenvalue weighted by Crippen LogP contribution is -2.29. The second-order valence-electron chi connectivity index (χ2n) is 12.8. The molecule has 1 saturated carbocycles. The number of hydrogen-bond donors (Lipinski definition) is 0. The van der Waals surface area contributed by atoms with Gasteiger partial charge in [-0.3, -0.25) is 4.79 Å². The van der Waals surface area contributed by atoms with E-state index in [2.05, 4.69) is 20.1 Å². The summed E-state index contributed by atoms with van der Waals surface area (Å²) in [7, 11) is 0. The van der Waals surface area contributed by atoms with Gasteiger partial charge >= 0.3 is 5.97 Å².